The van der Waals surface area contributed by atoms with E-state index < -0.39 is 0 Å². The lowest BCUT2D eigenvalue weighted by molar-refractivity contribution is 0.631. The van der Waals surface area contributed by atoms with Gasteiger partial charge in [0, 0.05) is 17.3 Å². The van der Waals surface area contributed by atoms with E-state index in [2.05, 4.69) is 20.9 Å². The Labute approximate surface area is 89.7 Å². The number of aromatic nitrogens is 1. The van der Waals surface area contributed by atoms with Gasteiger partial charge in [-0.15, -0.1) is 0 Å². The number of pyridine rings is 1. The lowest BCUT2D eigenvalue weighted by Gasteiger charge is -2.01. The Morgan fingerprint density at radius 1 is 1.07 bits per heavy atom. The third-order valence-electron chi connectivity index (χ3n) is 1.91. The second-order valence-corrected chi connectivity index (χ2v) is 3.66. The lowest BCUT2D eigenvalue weighted by Crippen LogP contribution is -1.84. The van der Waals surface area contributed by atoms with E-state index in [1.165, 1.54) is 6.07 Å². The Kier molecular flexibility index (Phi) is 2.59. The maximum atomic E-state index is 13.3. The molecule has 0 saturated heterocycles. The van der Waals surface area contributed by atoms with Crippen LogP contribution in [0.5, 0.6) is 0 Å². The molecule has 0 fully saturated rings. The third-order valence-corrected chi connectivity index (χ3v) is 2.38. The van der Waals surface area contributed by atoms with Crippen LogP contribution in [0.4, 0.5) is 4.39 Å². The van der Waals surface area contributed by atoms with Crippen molar-refractivity contribution in [1.29, 1.82) is 0 Å². The fourth-order valence-corrected chi connectivity index (χ4v) is 1.47. The summed E-state index contributed by atoms with van der Waals surface area (Å²) in [5, 5.41) is 0. The Balaban J connectivity index is 2.50. The summed E-state index contributed by atoms with van der Waals surface area (Å²) in [5.41, 5.74) is 1.36. The summed E-state index contributed by atoms with van der Waals surface area (Å²) in [6, 6.07) is 10.3. The number of nitrogens with zero attached hydrogens (tertiary/aromatic N) is 1. The van der Waals surface area contributed by atoms with Crippen LogP contribution in [0.2, 0.25) is 0 Å². The van der Waals surface area contributed by atoms with Crippen LogP contribution in [0.3, 0.4) is 0 Å². The number of hydrogen-bond donors (Lipinski definition) is 0. The minimum Gasteiger partial charge on any atom is -0.249 e. The van der Waals surface area contributed by atoms with Crippen molar-refractivity contribution in [1.82, 2.24) is 4.98 Å². The topological polar surface area (TPSA) is 12.9 Å². The average molecular weight is 252 g/mol. The van der Waals surface area contributed by atoms with E-state index in [1.54, 1.807) is 30.5 Å². The van der Waals surface area contributed by atoms with Crippen molar-refractivity contribution in [2.45, 2.75) is 0 Å². The minimum absolute atomic E-state index is 0.225. The van der Waals surface area contributed by atoms with Gasteiger partial charge in [0.05, 0.1) is 0 Å². The van der Waals surface area contributed by atoms with E-state index in [0.29, 0.717) is 5.56 Å². The predicted molar refractivity (Wildman–Crippen MR) is 57.3 cm³/mol. The molecule has 0 N–H and O–H groups in total. The molecule has 0 bridgehead atoms. The molecular weight excluding hydrogens is 245 g/mol. The van der Waals surface area contributed by atoms with Crippen molar-refractivity contribution in [3.63, 3.8) is 0 Å². The lowest BCUT2D eigenvalue weighted by atomic mass is 10.1. The summed E-state index contributed by atoms with van der Waals surface area (Å²) in [7, 11) is 0. The van der Waals surface area contributed by atoms with E-state index in [9.17, 15) is 4.39 Å². The number of halogens is 2. The molecule has 70 valence electrons. The van der Waals surface area contributed by atoms with Gasteiger partial charge in [-0.2, -0.15) is 0 Å². The monoisotopic (exact) mass is 251 g/mol. The molecule has 14 heavy (non-hydrogen) atoms. The van der Waals surface area contributed by atoms with Gasteiger partial charge in [0.1, 0.15) is 10.4 Å². The molecule has 2 aromatic rings. The summed E-state index contributed by atoms with van der Waals surface area (Å²) >= 11 is 3.23. The van der Waals surface area contributed by atoms with Crippen molar-refractivity contribution in [3.05, 3.63) is 53.0 Å². The quantitative estimate of drug-likeness (QED) is 0.706. The highest BCUT2D eigenvalue weighted by Gasteiger charge is 2.03. The minimum atomic E-state index is -0.225. The van der Waals surface area contributed by atoms with Crippen LogP contribution in [0.25, 0.3) is 11.1 Å². The summed E-state index contributed by atoms with van der Waals surface area (Å²) in [4.78, 5) is 4.05. The number of hydrogen-bond acceptors (Lipinski definition) is 1. The molecule has 1 heterocycles. The third kappa shape index (κ3) is 1.82. The Hall–Kier alpha value is -1.22. The van der Waals surface area contributed by atoms with Crippen LogP contribution in [-0.2, 0) is 0 Å². The van der Waals surface area contributed by atoms with Gasteiger partial charge in [-0.1, -0.05) is 24.3 Å². The van der Waals surface area contributed by atoms with Gasteiger partial charge < -0.3 is 0 Å². The summed E-state index contributed by atoms with van der Waals surface area (Å²) in [6.07, 6.45) is 1.64. The molecule has 0 saturated carbocycles. The predicted octanol–water partition coefficient (Wildman–Crippen LogP) is 3.65. The van der Waals surface area contributed by atoms with Crippen molar-refractivity contribution in [3.8, 4) is 11.1 Å². The molecule has 0 unspecified atom stereocenters. The zero-order valence-corrected chi connectivity index (χ0v) is 8.83. The first kappa shape index (κ1) is 9.34. The number of benzene rings is 1. The number of rotatable bonds is 1. The molecule has 0 spiro atoms. The van der Waals surface area contributed by atoms with Gasteiger partial charge in [-0.3, -0.25) is 0 Å². The van der Waals surface area contributed by atoms with Crippen LogP contribution >= 0.6 is 15.9 Å². The first-order chi connectivity index (χ1) is 6.77. The summed E-state index contributed by atoms with van der Waals surface area (Å²) < 4.78 is 14.1. The van der Waals surface area contributed by atoms with Gasteiger partial charge in [0.15, 0.2) is 0 Å². The summed E-state index contributed by atoms with van der Waals surface area (Å²) in [6.45, 7) is 0. The second-order valence-electron chi connectivity index (χ2n) is 2.85. The molecule has 0 aliphatic carbocycles. The zero-order chi connectivity index (χ0) is 9.97. The van der Waals surface area contributed by atoms with Crippen LogP contribution in [0, 0.1) is 5.82 Å². The van der Waals surface area contributed by atoms with E-state index >= 15 is 0 Å². The van der Waals surface area contributed by atoms with Crippen molar-refractivity contribution in [2.75, 3.05) is 0 Å². The normalized spacial score (nSPS) is 10.1. The largest absolute Gasteiger partial charge is 0.249 e. The van der Waals surface area contributed by atoms with E-state index in [-0.39, 0.29) is 5.82 Å². The van der Waals surface area contributed by atoms with Gasteiger partial charge in [-0.25, -0.2) is 9.37 Å². The SMILES string of the molecule is Fc1ccccc1-c1ccc(Br)nc1. The average Bonchev–Trinajstić information content (AvgIpc) is 2.20. The molecule has 0 amide bonds. The van der Waals surface area contributed by atoms with E-state index in [0.717, 1.165) is 10.2 Å². The highest BCUT2D eigenvalue weighted by Crippen LogP contribution is 2.22. The Morgan fingerprint density at radius 2 is 1.86 bits per heavy atom. The Bertz CT molecular complexity index is 439. The summed E-state index contributed by atoms with van der Waals surface area (Å²) in [5.74, 6) is -0.225. The van der Waals surface area contributed by atoms with Crippen LogP contribution in [-0.4, -0.2) is 4.98 Å². The Morgan fingerprint density at radius 3 is 2.50 bits per heavy atom. The smallest absolute Gasteiger partial charge is 0.131 e. The molecule has 1 aromatic carbocycles. The molecule has 3 heteroatoms. The molecule has 2 rings (SSSR count). The first-order valence-electron chi connectivity index (χ1n) is 4.14. The van der Waals surface area contributed by atoms with Gasteiger partial charge in [0.2, 0.25) is 0 Å². The van der Waals surface area contributed by atoms with E-state index in [1.807, 2.05) is 6.07 Å². The molecule has 0 aliphatic heterocycles. The van der Waals surface area contributed by atoms with Crippen molar-refractivity contribution < 1.29 is 4.39 Å². The maximum Gasteiger partial charge on any atom is 0.131 e. The van der Waals surface area contributed by atoms with Crippen molar-refractivity contribution >= 4 is 15.9 Å². The second kappa shape index (κ2) is 3.88. The standard InChI is InChI=1S/C11H7BrFN/c12-11-6-5-8(7-14-11)9-3-1-2-4-10(9)13/h1-7H. The van der Waals surface area contributed by atoms with Gasteiger partial charge in [-0.05, 0) is 28.1 Å². The maximum absolute atomic E-state index is 13.3. The highest BCUT2D eigenvalue weighted by molar-refractivity contribution is 9.10. The fraction of sp³-hybridized carbons (Fsp3) is 0. The van der Waals surface area contributed by atoms with Crippen LogP contribution in [0.1, 0.15) is 0 Å². The van der Waals surface area contributed by atoms with Crippen molar-refractivity contribution in [2.24, 2.45) is 0 Å². The fourth-order valence-electron chi connectivity index (χ4n) is 1.23. The van der Waals surface area contributed by atoms with Gasteiger partial charge >= 0.3 is 0 Å². The first-order valence-corrected chi connectivity index (χ1v) is 4.93. The molecule has 0 aliphatic rings. The van der Waals surface area contributed by atoms with Gasteiger partial charge in [0.25, 0.3) is 0 Å². The zero-order valence-electron chi connectivity index (χ0n) is 7.24. The highest BCUT2D eigenvalue weighted by atomic mass is 79.9. The van der Waals surface area contributed by atoms with Crippen LogP contribution in [0.15, 0.2) is 47.2 Å². The molecule has 1 nitrogen and oxygen atoms in total. The van der Waals surface area contributed by atoms with E-state index in [4.69, 9.17) is 0 Å². The molecule has 0 radical (unpaired) electrons. The molecule has 0 atom stereocenters. The molecular formula is C11H7BrFN. The molecule has 1 aromatic heterocycles. The van der Waals surface area contributed by atoms with Crippen LogP contribution < -0.4 is 0 Å².